The molecule has 0 saturated carbocycles. The molecule has 1 aliphatic heterocycles. The largest absolute Gasteiger partial charge is 0.299 e. The molecule has 24 heavy (non-hydrogen) atoms. The lowest BCUT2D eigenvalue weighted by atomic mass is 9.98. The minimum atomic E-state index is -3.54. The Hall–Kier alpha value is -1.15. The molecular weight excluding hydrogens is 366 g/mol. The Morgan fingerprint density at radius 3 is 2.75 bits per heavy atom. The Labute approximate surface area is 153 Å². The van der Waals surface area contributed by atoms with Crippen molar-refractivity contribution in [2.24, 2.45) is 0 Å². The Morgan fingerprint density at radius 2 is 2.12 bits per heavy atom. The highest BCUT2D eigenvalue weighted by atomic mass is 35.5. The second-order valence-corrected chi connectivity index (χ2v) is 8.50. The quantitative estimate of drug-likeness (QED) is 0.790. The number of aromatic nitrogens is 1. The SMILES string of the molecule is CCN1CCc2c(cccc2N(CC)S(=O)(=O)c2cncs2)C1.Cl. The Balaban J connectivity index is 0.00000208. The van der Waals surface area contributed by atoms with E-state index >= 15 is 0 Å². The zero-order chi connectivity index (χ0) is 16.4. The molecule has 0 saturated heterocycles. The zero-order valence-electron chi connectivity index (χ0n) is 13.8. The van der Waals surface area contributed by atoms with Gasteiger partial charge in [0.2, 0.25) is 0 Å². The summed E-state index contributed by atoms with van der Waals surface area (Å²) in [7, 11) is -3.54. The Kier molecular flexibility index (Phi) is 6.25. The van der Waals surface area contributed by atoms with Gasteiger partial charge in [0.1, 0.15) is 0 Å². The van der Waals surface area contributed by atoms with E-state index in [9.17, 15) is 8.42 Å². The topological polar surface area (TPSA) is 53.5 Å². The fourth-order valence-corrected chi connectivity index (χ4v) is 5.48. The number of anilines is 1. The molecule has 1 aromatic heterocycles. The molecular formula is C16H22ClN3O2S2. The molecule has 0 atom stereocenters. The third-order valence-electron chi connectivity index (χ3n) is 4.28. The summed E-state index contributed by atoms with van der Waals surface area (Å²) in [5.41, 5.74) is 4.76. The number of likely N-dealkylation sites (N-methyl/N-ethyl adjacent to an activating group) is 1. The first-order valence-corrected chi connectivity index (χ1v) is 10.1. The summed E-state index contributed by atoms with van der Waals surface area (Å²) in [6, 6.07) is 5.98. The maximum absolute atomic E-state index is 12.9. The Morgan fingerprint density at radius 1 is 1.33 bits per heavy atom. The molecule has 132 valence electrons. The number of sulfonamides is 1. The van der Waals surface area contributed by atoms with E-state index in [0.29, 0.717) is 10.8 Å². The standard InChI is InChI=1S/C16H21N3O2S2.ClH/c1-3-18-9-8-14-13(11-18)6-5-7-15(14)19(4-2)23(20,21)16-10-17-12-22-16;/h5-7,10,12H,3-4,8-9,11H2,1-2H3;1H. The molecule has 0 unspecified atom stereocenters. The van der Waals surface area contributed by atoms with Crippen molar-refractivity contribution in [1.29, 1.82) is 0 Å². The third kappa shape index (κ3) is 3.44. The van der Waals surface area contributed by atoms with Crippen molar-refractivity contribution in [2.75, 3.05) is 23.9 Å². The Bertz CT molecular complexity index is 779. The molecule has 0 amide bonds. The predicted octanol–water partition coefficient (Wildman–Crippen LogP) is 3.16. The van der Waals surface area contributed by atoms with Crippen molar-refractivity contribution in [3.05, 3.63) is 41.0 Å². The van der Waals surface area contributed by atoms with Crippen LogP contribution < -0.4 is 4.31 Å². The van der Waals surface area contributed by atoms with Gasteiger partial charge >= 0.3 is 0 Å². The lowest BCUT2D eigenvalue weighted by Crippen LogP contribution is -2.35. The smallest absolute Gasteiger partial charge is 0.275 e. The molecule has 0 bridgehead atoms. The van der Waals surface area contributed by atoms with E-state index in [-0.39, 0.29) is 12.4 Å². The maximum Gasteiger partial charge on any atom is 0.275 e. The number of hydrogen-bond acceptors (Lipinski definition) is 5. The summed E-state index contributed by atoms with van der Waals surface area (Å²) in [5, 5.41) is 0. The van der Waals surface area contributed by atoms with Crippen molar-refractivity contribution in [1.82, 2.24) is 9.88 Å². The second-order valence-electron chi connectivity index (χ2n) is 5.52. The molecule has 8 heteroatoms. The highest BCUT2D eigenvalue weighted by Gasteiger charge is 2.28. The summed E-state index contributed by atoms with van der Waals surface area (Å²) in [6.45, 7) is 7.31. The van der Waals surface area contributed by atoms with Crippen LogP contribution in [-0.4, -0.2) is 37.9 Å². The summed E-state index contributed by atoms with van der Waals surface area (Å²) in [4.78, 5) is 6.29. The fraction of sp³-hybridized carbons (Fsp3) is 0.438. The first kappa shape index (κ1) is 19.2. The van der Waals surface area contributed by atoms with Gasteiger partial charge in [-0.1, -0.05) is 19.1 Å². The number of halogens is 1. The molecule has 5 nitrogen and oxygen atoms in total. The van der Waals surface area contributed by atoms with Crippen LogP contribution in [0.15, 0.2) is 34.1 Å². The van der Waals surface area contributed by atoms with E-state index in [2.05, 4.69) is 22.9 Å². The van der Waals surface area contributed by atoms with Gasteiger partial charge in [0.15, 0.2) is 4.21 Å². The molecule has 2 heterocycles. The molecule has 0 aliphatic carbocycles. The number of hydrogen-bond donors (Lipinski definition) is 0. The van der Waals surface area contributed by atoms with E-state index in [1.807, 2.05) is 19.1 Å². The molecule has 0 fully saturated rings. The summed E-state index contributed by atoms with van der Waals surface area (Å²) >= 11 is 1.16. The summed E-state index contributed by atoms with van der Waals surface area (Å²) in [6.07, 6.45) is 2.31. The van der Waals surface area contributed by atoms with Gasteiger partial charge in [-0.3, -0.25) is 14.2 Å². The lowest BCUT2D eigenvalue weighted by molar-refractivity contribution is 0.268. The molecule has 0 spiro atoms. The van der Waals surface area contributed by atoms with Gasteiger partial charge < -0.3 is 0 Å². The number of fused-ring (bicyclic) bond motifs is 1. The van der Waals surface area contributed by atoms with Gasteiger partial charge in [0.25, 0.3) is 10.0 Å². The van der Waals surface area contributed by atoms with Crippen LogP contribution in [0.2, 0.25) is 0 Å². The molecule has 1 aliphatic rings. The molecule has 3 rings (SSSR count). The number of benzene rings is 1. The number of nitrogens with zero attached hydrogens (tertiary/aromatic N) is 3. The van der Waals surface area contributed by atoms with Crippen molar-refractivity contribution >= 4 is 39.5 Å². The lowest BCUT2D eigenvalue weighted by Gasteiger charge is -2.32. The van der Waals surface area contributed by atoms with Crippen LogP contribution in [0, 0.1) is 0 Å². The highest BCUT2D eigenvalue weighted by molar-refractivity contribution is 7.94. The first-order valence-electron chi connectivity index (χ1n) is 7.82. The van der Waals surface area contributed by atoms with Gasteiger partial charge in [-0.25, -0.2) is 8.42 Å². The summed E-state index contributed by atoms with van der Waals surface area (Å²) in [5.74, 6) is 0. The minimum absolute atomic E-state index is 0. The van der Waals surface area contributed by atoms with E-state index in [0.717, 1.165) is 48.6 Å². The number of thiazole rings is 1. The zero-order valence-corrected chi connectivity index (χ0v) is 16.3. The summed E-state index contributed by atoms with van der Waals surface area (Å²) < 4.78 is 27.6. The van der Waals surface area contributed by atoms with Gasteiger partial charge in [0, 0.05) is 19.6 Å². The third-order valence-corrected chi connectivity index (χ3v) is 7.41. The first-order chi connectivity index (χ1) is 11.1. The maximum atomic E-state index is 12.9. The van der Waals surface area contributed by atoms with Crippen LogP contribution >= 0.6 is 23.7 Å². The van der Waals surface area contributed by atoms with E-state index < -0.39 is 10.0 Å². The average molecular weight is 388 g/mol. The monoisotopic (exact) mass is 387 g/mol. The predicted molar refractivity (Wildman–Crippen MR) is 101 cm³/mol. The number of rotatable bonds is 5. The molecule has 2 aromatic rings. The average Bonchev–Trinajstić information content (AvgIpc) is 3.10. The van der Waals surface area contributed by atoms with Crippen molar-refractivity contribution in [2.45, 2.75) is 31.0 Å². The van der Waals surface area contributed by atoms with Gasteiger partial charge in [-0.2, -0.15) is 0 Å². The second kappa shape index (κ2) is 7.82. The van der Waals surface area contributed by atoms with Crippen LogP contribution in [0.1, 0.15) is 25.0 Å². The van der Waals surface area contributed by atoms with Crippen LogP contribution in [0.5, 0.6) is 0 Å². The van der Waals surface area contributed by atoms with Crippen molar-refractivity contribution in [3.63, 3.8) is 0 Å². The van der Waals surface area contributed by atoms with Crippen LogP contribution in [0.4, 0.5) is 5.69 Å². The van der Waals surface area contributed by atoms with Gasteiger partial charge in [-0.15, -0.1) is 23.7 Å². The van der Waals surface area contributed by atoms with Crippen LogP contribution in [0.3, 0.4) is 0 Å². The van der Waals surface area contributed by atoms with E-state index in [1.54, 1.807) is 5.51 Å². The molecule has 1 aromatic carbocycles. The van der Waals surface area contributed by atoms with E-state index in [1.165, 1.54) is 16.1 Å². The molecule has 0 radical (unpaired) electrons. The molecule has 0 N–H and O–H groups in total. The normalized spacial score (nSPS) is 14.8. The van der Waals surface area contributed by atoms with E-state index in [4.69, 9.17) is 0 Å². The highest BCUT2D eigenvalue weighted by Crippen LogP contribution is 2.33. The van der Waals surface area contributed by atoms with Crippen molar-refractivity contribution in [3.8, 4) is 0 Å². The fourth-order valence-electron chi connectivity index (χ4n) is 3.06. The minimum Gasteiger partial charge on any atom is -0.299 e. The van der Waals surface area contributed by atoms with Crippen LogP contribution in [0.25, 0.3) is 0 Å². The van der Waals surface area contributed by atoms with Crippen LogP contribution in [-0.2, 0) is 23.0 Å². The van der Waals surface area contributed by atoms with Crippen molar-refractivity contribution < 1.29 is 8.42 Å². The van der Waals surface area contributed by atoms with Gasteiger partial charge in [0.05, 0.1) is 17.4 Å². The van der Waals surface area contributed by atoms with Gasteiger partial charge in [-0.05, 0) is 37.1 Å².